The van der Waals surface area contributed by atoms with Gasteiger partial charge < -0.3 is 10.4 Å². The lowest BCUT2D eigenvalue weighted by Crippen LogP contribution is -2.40. The Bertz CT molecular complexity index is 474. The van der Waals surface area contributed by atoms with E-state index in [1.54, 1.807) is 0 Å². The van der Waals surface area contributed by atoms with Crippen LogP contribution in [0.25, 0.3) is 0 Å². The maximum Gasteiger partial charge on any atom is 0.238 e. The van der Waals surface area contributed by atoms with Gasteiger partial charge in [-0.1, -0.05) is 0 Å². The number of halogens is 2. The second kappa shape index (κ2) is 7.47. The average Bonchev–Trinajstić information content (AvgIpc) is 2.37. The molecule has 0 aromatic heterocycles. The monoisotopic (exact) mass is 298 g/mol. The fourth-order valence-electron chi connectivity index (χ4n) is 2.74. The minimum Gasteiger partial charge on any atom is -0.396 e. The highest BCUT2D eigenvalue weighted by atomic mass is 19.1. The van der Waals surface area contributed by atoms with Gasteiger partial charge in [-0.3, -0.25) is 9.69 Å². The van der Waals surface area contributed by atoms with E-state index in [0.29, 0.717) is 5.92 Å². The minimum absolute atomic E-state index is 0.126. The van der Waals surface area contributed by atoms with Crippen LogP contribution in [0, 0.1) is 17.6 Å². The van der Waals surface area contributed by atoms with Crippen molar-refractivity contribution in [3.8, 4) is 0 Å². The van der Waals surface area contributed by atoms with Gasteiger partial charge in [-0.25, -0.2) is 8.78 Å². The zero-order valence-corrected chi connectivity index (χ0v) is 11.8. The molecule has 1 atom stereocenters. The van der Waals surface area contributed by atoms with E-state index in [1.165, 1.54) is 0 Å². The van der Waals surface area contributed by atoms with Crippen LogP contribution in [-0.4, -0.2) is 42.2 Å². The summed E-state index contributed by atoms with van der Waals surface area (Å²) in [6.07, 6.45) is 2.80. The van der Waals surface area contributed by atoms with Crippen molar-refractivity contribution in [3.05, 3.63) is 29.8 Å². The Morgan fingerprint density at radius 2 is 2.05 bits per heavy atom. The molecule has 0 aliphatic carbocycles. The molecule has 1 aliphatic heterocycles. The molecule has 4 nitrogen and oxygen atoms in total. The molecule has 116 valence electrons. The lowest BCUT2D eigenvalue weighted by molar-refractivity contribution is -0.117. The fourth-order valence-corrected chi connectivity index (χ4v) is 2.74. The molecule has 1 saturated heterocycles. The molecule has 6 heteroatoms. The Hall–Kier alpha value is -1.53. The number of anilines is 1. The minimum atomic E-state index is -0.716. The third-order valence-electron chi connectivity index (χ3n) is 3.65. The molecule has 1 aromatic rings. The first kappa shape index (κ1) is 15.9. The van der Waals surface area contributed by atoms with Crippen molar-refractivity contribution in [2.24, 2.45) is 5.92 Å². The van der Waals surface area contributed by atoms with Crippen molar-refractivity contribution in [3.63, 3.8) is 0 Å². The Labute approximate surface area is 122 Å². The van der Waals surface area contributed by atoms with Gasteiger partial charge in [0.15, 0.2) is 0 Å². The zero-order valence-electron chi connectivity index (χ0n) is 11.8. The molecule has 21 heavy (non-hydrogen) atoms. The molecule has 1 heterocycles. The van der Waals surface area contributed by atoms with Crippen molar-refractivity contribution in [2.45, 2.75) is 19.3 Å². The normalized spacial score (nSPS) is 19.5. The summed E-state index contributed by atoms with van der Waals surface area (Å²) in [4.78, 5) is 13.9. The average molecular weight is 298 g/mol. The van der Waals surface area contributed by atoms with Crippen molar-refractivity contribution < 1.29 is 18.7 Å². The van der Waals surface area contributed by atoms with Crippen LogP contribution in [0.5, 0.6) is 0 Å². The van der Waals surface area contributed by atoms with Crippen LogP contribution in [0.4, 0.5) is 14.5 Å². The molecule has 2 rings (SSSR count). The Morgan fingerprint density at radius 3 is 2.71 bits per heavy atom. The third-order valence-corrected chi connectivity index (χ3v) is 3.65. The highest BCUT2D eigenvalue weighted by Gasteiger charge is 2.21. The predicted molar refractivity (Wildman–Crippen MR) is 75.9 cm³/mol. The van der Waals surface area contributed by atoms with Crippen LogP contribution in [-0.2, 0) is 4.79 Å². The lowest BCUT2D eigenvalue weighted by Gasteiger charge is -2.31. The standard InChI is InChI=1S/C15H20F2N2O2/c16-12-6-13(17)8-14(7-12)18-15(21)10-19-4-1-2-11(9-19)3-5-20/h6-8,11,20H,1-5,9-10H2,(H,18,21). The summed E-state index contributed by atoms with van der Waals surface area (Å²) < 4.78 is 26.1. The van der Waals surface area contributed by atoms with Crippen molar-refractivity contribution in [2.75, 3.05) is 31.6 Å². The van der Waals surface area contributed by atoms with Crippen LogP contribution < -0.4 is 5.32 Å². The number of nitrogens with zero attached hydrogens (tertiary/aromatic N) is 1. The number of hydrogen-bond acceptors (Lipinski definition) is 3. The summed E-state index contributed by atoms with van der Waals surface area (Å²) >= 11 is 0. The molecule has 1 aromatic carbocycles. The van der Waals surface area contributed by atoms with Crippen LogP contribution in [0.3, 0.4) is 0 Å². The maximum absolute atomic E-state index is 13.0. The first-order valence-corrected chi connectivity index (χ1v) is 7.16. The van der Waals surface area contributed by atoms with Crippen molar-refractivity contribution in [1.29, 1.82) is 0 Å². The highest BCUT2D eigenvalue weighted by Crippen LogP contribution is 2.19. The first-order valence-electron chi connectivity index (χ1n) is 7.16. The molecule has 2 N–H and O–H groups in total. The smallest absolute Gasteiger partial charge is 0.238 e. The van der Waals surface area contributed by atoms with Crippen LogP contribution in [0.15, 0.2) is 18.2 Å². The molecule has 0 bridgehead atoms. The summed E-state index contributed by atoms with van der Waals surface area (Å²) in [6.45, 7) is 1.95. The number of piperidine rings is 1. The van der Waals surface area contributed by atoms with Crippen molar-refractivity contribution in [1.82, 2.24) is 4.90 Å². The second-order valence-electron chi connectivity index (χ2n) is 5.46. The number of aliphatic hydroxyl groups excluding tert-OH is 1. The van der Waals surface area contributed by atoms with Crippen LogP contribution in [0.2, 0.25) is 0 Å². The van der Waals surface area contributed by atoms with Gasteiger partial charge in [0.05, 0.1) is 6.54 Å². The molecule has 1 fully saturated rings. The van der Waals surface area contributed by atoms with Gasteiger partial charge in [0.1, 0.15) is 11.6 Å². The molecular weight excluding hydrogens is 278 g/mol. The van der Waals surface area contributed by atoms with E-state index in [4.69, 9.17) is 5.11 Å². The number of benzene rings is 1. The molecule has 1 amide bonds. The van der Waals surface area contributed by atoms with Gasteiger partial charge >= 0.3 is 0 Å². The summed E-state index contributed by atoms with van der Waals surface area (Å²) in [6, 6.07) is 2.94. The third kappa shape index (κ3) is 5.06. The van der Waals surface area contributed by atoms with Gasteiger partial charge in [-0.2, -0.15) is 0 Å². The van der Waals surface area contributed by atoms with Gasteiger partial charge in [0, 0.05) is 24.9 Å². The number of aliphatic hydroxyl groups is 1. The van der Waals surface area contributed by atoms with E-state index >= 15 is 0 Å². The molecule has 0 saturated carbocycles. The molecule has 1 aliphatic rings. The second-order valence-corrected chi connectivity index (χ2v) is 5.46. The number of likely N-dealkylation sites (tertiary alicyclic amines) is 1. The fraction of sp³-hybridized carbons (Fsp3) is 0.533. The Morgan fingerprint density at radius 1 is 1.33 bits per heavy atom. The van der Waals surface area contributed by atoms with Gasteiger partial charge in [-0.15, -0.1) is 0 Å². The topological polar surface area (TPSA) is 52.6 Å². The van der Waals surface area contributed by atoms with Gasteiger partial charge in [0.2, 0.25) is 5.91 Å². The van der Waals surface area contributed by atoms with Crippen LogP contribution in [0.1, 0.15) is 19.3 Å². The maximum atomic E-state index is 13.0. The number of hydrogen-bond donors (Lipinski definition) is 2. The zero-order chi connectivity index (χ0) is 15.2. The lowest BCUT2D eigenvalue weighted by atomic mass is 9.95. The number of carbonyl (C=O) groups is 1. The summed E-state index contributed by atoms with van der Waals surface area (Å²) in [5.41, 5.74) is 0.126. The van der Waals surface area contributed by atoms with E-state index in [9.17, 15) is 13.6 Å². The van der Waals surface area contributed by atoms with E-state index in [0.717, 1.165) is 50.6 Å². The van der Waals surface area contributed by atoms with Crippen LogP contribution >= 0.6 is 0 Å². The number of carbonyl (C=O) groups excluding carboxylic acids is 1. The van der Waals surface area contributed by atoms with Gasteiger partial charge in [-0.05, 0) is 43.9 Å². The first-order chi connectivity index (χ1) is 10.1. The molecule has 1 unspecified atom stereocenters. The van der Waals surface area contributed by atoms with E-state index in [2.05, 4.69) is 5.32 Å². The molecule has 0 radical (unpaired) electrons. The quantitative estimate of drug-likeness (QED) is 0.874. The predicted octanol–water partition coefficient (Wildman–Crippen LogP) is 2.00. The molecular formula is C15H20F2N2O2. The summed E-state index contributed by atoms with van der Waals surface area (Å²) in [5, 5.41) is 11.5. The Balaban J connectivity index is 1.86. The molecule has 0 spiro atoms. The highest BCUT2D eigenvalue weighted by molar-refractivity contribution is 5.92. The van der Waals surface area contributed by atoms with E-state index in [-0.39, 0.29) is 24.7 Å². The largest absolute Gasteiger partial charge is 0.396 e. The van der Waals surface area contributed by atoms with Crippen molar-refractivity contribution >= 4 is 11.6 Å². The van der Waals surface area contributed by atoms with E-state index in [1.807, 2.05) is 4.90 Å². The number of nitrogens with one attached hydrogen (secondary N) is 1. The van der Waals surface area contributed by atoms with Gasteiger partial charge in [0.25, 0.3) is 0 Å². The number of rotatable bonds is 5. The SMILES string of the molecule is O=C(CN1CCCC(CCO)C1)Nc1cc(F)cc(F)c1. The summed E-state index contributed by atoms with van der Waals surface area (Å²) in [7, 11) is 0. The van der Waals surface area contributed by atoms with E-state index < -0.39 is 11.6 Å². The Kier molecular flexibility index (Phi) is 5.64. The summed E-state index contributed by atoms with van der Waals surface area (Å²) in [5.74, 6) is -1.31. The number of amides is 1.